The molecule has 0 bridgehead atoms. The number of carboxylic acid groups (broad SMARTS) is 1. The molecule has 1 saturated heterocycles. The predicted molar refractivity (Wildman–Crippen MR) is 114 cm³/mol. The van der Waals surface area contributed by atoms with Crippen molar-refractivity contribution in [2.45, 2.75) is 18.8 Å². The van der Waals surface area contributed by atoms with Gasteiger partial charge in [0.05, 0.1) is 22.5 Å². The number of thioether (sulfide) groups is 1. The molecule has 0 aliphatic carbocycles. The van der Waals surface area contributed by atoms with E-state index in [0.29, 0.717) is 17.7 Å². The lowest BCUT2D eigenvalue weighted by molar-refractivity contribution is -0.143. The molecule has 174 valence electrons. The summed E-state index contributed by atoms with van der Waals surface area (Å²) in [6, 6.07) is 6.95. The maximum absolute atomic E-state index is 13.2. The highest BCUT2D eigenvalue weighted by atomic mass is 32.2. The van der Waals surface area contributed by atoms with Crippen molar-refractivity contribution in [3.8, 4) is 11.1 Å². The van der Waals surface area contributed by atoms with Crippen molar-refractivity contribution in [2.75, 3.05) is 6.54 Å². The summed E-state index contributed by atoms with van der Waals surface area (Å²) in [7, 11) is 0. The predicted octanol–water partition coefficient (Wildman–Crippen LogP) is 6.07. The molecule has 3 rings (SSSR count). The number of carbonyl (C=O) groups excluding carboxylic acids is 1. The Morgan fingerprint density at radius 3 is 2.15 bits per heavy atom. The lowest BCUT2D eigenvalue weighted by Crippen LogP contribution is -2.30. The van der Waals surface area contributed by atoms with Crippen molar-refractivity contribution in [3.63, 3.8) is 0 Å². The molecule has 0 unspecified atom stereocenters. The Morgan fingerprint density at radius 2 is 1.61 bits per heavy atom. The third-order valence-electron chi connectivity index (χ3n) is 4.53. The number of hydrogen-bond acceptors (Lipinski definition) is 4. The van der Waals surface area contributed by atoms with Crippen LogP contribution in [0, 0.1) is 0 Å². The molecule has 0 saturated carbocycles. The quantitative estimate of drug-likeness (QED) is 0.304. The smallest absolute Gasteiger partial charge is 0.416 e. The summed E-state index contributed by atoms with van der Waals surface area (Å²) < 4.78 is 79.1. The SMILES string of the molecule is O=C(O)CCN1C(=O)C(=Cc2cccc(-c3cc(C(F)(F)F)cc(C(F)(F)F)c3)c2)SC1=S. The van der Waals surface area contributed by atoms with Gasteiger partial charge in [-0.3, -0.25) is 14.5 Å². The number of rotatable bonds is 5. The van der Waals surface area contributed by atoms with E-state index < -0.39 is 35.4 Å². The number of carboxylic acids is 1. The third-order valence-corrected chi connectivity index (χ3v) is 5.91. The molecule has 0 radical (unpaired) electrons. The van der Waals surface area contributed by atoms with E-state index in [1.165, 1.54) is 30.3 Å². The van der Waals surface area contributed by atoms with Gasteiger partial charge in [0, 0.05) is 6.54 Å². The zero-order chi connectivity index (χ0) is 24.6. The van der Waals surface area contributed by atoms with Gasteiger partial charge in [0.25, 0.3) is 5.91 Å². The minimum absolute atomic E-state index is 0.0514. The van der Waals surface area contributed by atoms with E-state index in [1.807, 2.05) is 0 Å². The van der Waals surface area contributed by atoms with E-state index in [9.17, 15) is 35.9 Å². The lowest BCUT2D eigenvalue weighted by atomic mass is 9.97. The summed E-state index contributed by atoms with van der Waals surface area (Å²) in [5, 5.41) is 8.78. The van der Waals surface area contributed by atoms with Gasteiger partial charge in [0.2, 0.25) is 0 Å². The summed E-state index contributed by atoms with van der Waals surface area (Å²) >= 11 is 6.00. The average Bonchev–Trinajstić information content (AvgIpc) is 2.97. The maximum Gasteiger partial charge on any atom is 0.416 e. The number of benzene rings is 2. The van der Waals surface area contributed by atoms with Gasteiger partial charge >= 0.3 is 18.3 Å². The fourth-order valence-corrected chi connectivity index (χ4v) is 4.29. The second kappa shape index (κ2) is 9.18. The molecule has 2 aromatic carbocycles. The van der Waals surface area contributed by atoms with Crippen molar-refractivity contribution in [2.24, 2.45) is 0 Å². The van der Waals surface area contributed by atoms with Gasteiger partial charge in [-0.2, -0.15) is 26.3 Å². The van der Waals surface area contributed by atoms with Crippen LogP contribution in [0.5, 0.6) is 0 Å². The van der Waals surface area contributed by atoms with E-state index in [0.717, 1.165) is 16.7 Å². The highest BCUT2D eigenvalue weighted by Gasteiger charge is 2.37. The number of carbonyl (C=O) groups is 2. The Balaban J connectivity index is 1.97. The number of hydrogen-bond donors (Lipinski definition) is 1. The third kappa shape index (κ3) is 5.93. The van der Waals surface area contributed by atoms with Crippen LogP contribution in [0.25, 0.3) is 17.2 Å². The van der Waals surface area contributed by atoms with Crippen LogP contribution < -0.4 is 0 Å². The summed E-state index contributed by atoms with van der Waals surface area (Å²) in [4.78, 5) is 24.5. The molecule has 33 heavy (non-hydrogen) atoms. The van der Waals surface area contributed by atoms with Crippen LogP contribution >= 0.6 is 24.0 Å². The molecular formula is C21H13F6NO3S2. The number of aliphatic carboxylic acids is 1. The summed E-state index contributed by atoms with van der Waals surface area (Å²) in [5.74, 6) is -1.64. The largest absolute Gasteiger partial charge is 0.481 e. The van der Waals surface area contributed by atoms with Crippen molar-refractivity contribution in [3.05, 3.63) is 64.1 Å². The van der Waals surface area contributed by atoms with Crippen LogP contribution in [0.2, 0.25) is 0 Å². The number of amides is 1. The summed E-state index contributed by atoms with van der Waals surface area (Å²) in [6.07, 6.45) is -8.87. The molecule has 1 N–H and O–H groups in total. The van der Waals surface area contributed by atoms with E-state index in [1.54, 1.807) is 0 Å². The van der Waals surface area contributed by atoms with Crippen LogP contribution in [0.1, 0.15) is 23.1 Å². The van der Waals surface area contributed by atoms with Crippen molar-refractivity contribution in [1.29, 1.82) is 0 Å². The van der Waals surface area contributed by atoms with Crippen molar-refractivity contribution >= 4 is 46.3 Å². The first kappa shape index (κ1) is 24.8. The molecule has 1 aliphatic rings. The number of nitrogens with zero attached hydrogens (tertiary/aromatic N) is 1. The molecule has 0 aromatic heterocycles. The Kier molecular flexibility index (Phi) is 6.89. The fourth-order valence-electron chi connectivity index (χ4n) is 2.98. The van der Waals surface area contributed by atoms with Crippen LogP contribution in [-0.2, 0) is 21.9 Å². The molecule has 1 amide bonds. The Morgan fingerprint density at radius 1 is 1.00 bits per heavy atom. The number of halogens is 6. The Hall–Kier alpha value is -2.86. The Bertz CT molecular complexity index is 1130. The molecule has 0 spiro atoms. The van der Waals surface area contributed by atoms with Gasteiger partial charge in [-0.15, -0.1) is 0 Å². The monoisotopic (exact) mass is 505 g/mol. The first-order valence-electron chi connectivity index (χ1n) is 9.13. The normalized spacial score (nSPS) is 16.1. The number of thiocarbonyl (C=S) groups is 1. The van der Waals surface area contributed by atoms with Gasteiger partial charge in [-0.1, -0.05) is 42.2 Å². The van der Waals surface area contributed by atoms with E-state index in [4.69, 9.17) is 17.3 Å². The standard InChI is InChI=1S/C21H13F6NO3S2/c22-20(23,24)14-8-13(9-15(10-14)21(25,26)27)12-3-1-2-11(6-12)7-16-18(31)28(19(32)33-16)5-4-17(29)30/h1-3,6-10H,4-5H2,(H,29,30). The average molecular weight is 505 g/mol. The first-order chi connectivity index (χ1) is 15.3. The summed E-state index contributed by atoms with van der Waals surface area (Å²) in [5.41, 5.74) is -2.73. The molecule has 1 aliphatic heterocycles. The fraction of sp³-hybridized carbons (Fsp3) is 0.190. The minimum atomic E-state index is -4.97. The maximum atomic E-state index is 13.2. The van der Waals surface area contributed by atoms with Gasteiger partial charge < -0.3 is 5.11 Å². The highest BCUT2D eigenvalue weighted by Crippen LogP contribution is 2.39. The molecule has 0 atom stereocenters. The Labute approximate surface area is 192 Å². The topological polar surface area (TPSA) is 57.6 Å². The molecular weight excluding hydrogens is 492 g/mol. The molecule has 4 nitrogen and oxygen atoms in total. The van der Waals surface area contributed by atoms with E-state index >= 15 is 0 Å². The van der Waals surface area contributed by atoms with Gasteiger partial charge in [0.15, 0.2) is 0 Å². The summed E-state index contributed by atoms with van der Waals surface area (Å²) in [6.45, 7) is -0.123. The second-order valence-corrected chi connectivity index (χ2v) is 8.57. The van der Waals surface area contributed by atoms with Gasteiger partial charge in [0.1, 0.15) is 4.32 Å². The van der Waals surface area contributed by atoms with Crippen molar-refractivity contribution in [1.82, 2.24) is 4.90 Å². The molecule has 1 fully saturated rings. The van der Waals surface area contributed by atoms with Crippen LogP contribution in [0.4, 0.5) is 26.3 Å². The van der Waals surface area contributed by atoms with Crippen LogP contribution in [0.15, 0.2) is 47.4 Å². The van der Waals surface area contributed by atoms with E-state index in [-0.39, 0.29) is 39.4 Å². The first-order valence-corrected chi connectivity index (χ1v) is 10.4. The molecule has 12 heteroatoms. The van der Waals surface area contributed by atoms with Crippen molar-refractivity contribution < 1.29 is 41.0 Å². The molecule has 1 heterocycles. The van der Waals surface area contributed by atoms with Crippen LogP contribution in [-0.4, -0.2) is 32.7 Å². The zero-order valence-corrected chi connectivity index (χ0v) is 18.0. The number of alkyl halides is 6. The zero-order valence-electron chi connectivity index (χ0n) is 16.3. The van der Waals surface area contributed by atoms with E-state index in [2.05, 4.69) is 0 Å². The van der Waals surface area contributed by atoms with Gasteiger partial charge in [-0.05, 0) is 47.0 Å². The van der Waals surface area contributed by atoms with Crippen LogP contribution in [0.3, 0.4) is 0 Å². The lowest BCUT2D eigenvalue weighted by Gasteiger charge is -2.14. The van der Waals surface area contributed by atoms with Gasteiger partial charge in [-0.25, -0.2) is 0 Å². The molecule has 2 aromatic rings. The minimum Gasteiger partial charge on any atom is -0.481 e. The highest BCUT2D eigenvalue weighted by molar-refractivity contribution is 8.26. The second-order valence-electron chi connectivity index (χ2n) is 6.90.